The van der Waals surface area contributed by atoms with E-state index in [0.717, 1.165) is 16.5 Å². The highest BCUT2D eigenvalue weighted by atomic mass is 32.3. The van der Waals surface area contributed by atoms with Gasteiger partial charge in [-0.3, -0.25) is 9.36 Å². The number of nitrogens with zero attached hydrogens (tertiary/aromatic N) is 5. The van der Waals surface area contributed by atoms with Crippen molar-refractivity contribution in [1.29, 1.82) is 0 Å². The molecule has 0 bridgehead atoms. The van der Waals surface area contributed by atoms with Crippen LogP contribution in [0.1, 0.15) is 0 Å². The monoisotopic (exact) mass is 550 g/mol. The van der Waals surface area contributed by atoms with Crippen LogP contribution < -0.4 is 15.2 Å². The average molecular weight is 551 g/mol. The molecule has 0 saturated carbocycles. The van der Waals surface area contributed by atoms with Crippen molar-refractivity contribution >= 4 is 38.2 Å². The largest absolute Gasteiger partial charge is 0.414 e. The molecule has 3 aromatic carbocycles. The average Bonchev–Trinajstić information content (AvgIpc) is 3.33. The molecule has 3 amide bonds. The van der Waals surface area contributed by atoms with Gasteiger partial charge in [0.25, 0.3) is 5.24 Å². The molecule has 1 heterocycles. The van der Waals surface area contributed by atoms with Crippen LogP contribution in [0, 0.1) is 0 Å². The molecule has 0 aliphatic heterocycles. The lowest BCUT2D eigenvalue weighted by molar-refractivity contribution is 0.170. The van der Waals surface area contributed by atoms with Crippen LogP contribution in [0.25, 0.3) is 27.8 Å². The van der Waals surface area contributed by atoms with Gasteiger partial charge >= 0.3 is 12.2 Å². The molecule has 0 atom stereocenters. The SMILES string of the molecule is CN(C)C(=O)Oc1ccc(-c2nnc(S(C)(C)C(N)=O)n2-c2cccc3ccccc23)c(OC(=O)N(C)C)c1. The van der Waals surface area contributed by atoms with Crippen molar-refractivity contribution in [3.63, 3.8) is 0 Å². The minimum absolute atomic E-state index is 0.0880. The van der Waals surface area contributed by atoms with Gasteiger partial charge in [0.05, 0.1) is 11.3 Å². The fourth-order valence-electron chi connectivity index (χ4n) is 3.70. The van der Waals surface area contributed by atoms with Gasteiger partial charge in [-0.05, 0) is 36.1 Å². The Morgan fingerprint density at radius 2 is 1.49 bits per heavy atom. The van der Waals surface area contributed by atoms with Gasteiger partial charge in [-0.2, -0.15) is 0 Å². The summed E-state index contributed by atoms with van der Waals surface area (Å²) in [4.78, 5) is 39.9. The standard InChI is InChI=1S/C27H30N6O5S/c1-31(2)26(35)37-18-14-15-20(22(16-18)38-27(36)32(3)4)23-29-30-25(39(5,6)24(28)34)33(23)21-13-9-11-17-10-7-8-12-19(17)21/h7-16H,1-6H3,(H2,28,34). The van der Waals surface area contributed by atoms with Gasteiger partial charge in [0.15, 0.2) is 11.0 Å². The molecule has 1 aromatic heterocycles. The number of carbonyl (C=O) groups excluding carboxylic acids is 3. The van der Waals surface area contributed by atoms with Crippen molar-refractivity contribution in [2.45, 2.75) is 5.16 Å². The first-order chi connectivity index (χ1) is 18.4. The van der Waals surface area contributed by atoms with Crippen molar-refractivity contribution in [3.8, 4) is 28.6 Å². The van der Waals surface area contributed by atoms with Crippen LogP contribution in [-0.2, 0) is 0 Å². The molecule has 4 aromatic rings. The second-order valence-corrected chi connectivity index (χ2v) is 12.9. The fourth-order valence-corrected chi connectivity index (χ4v) is 4.76. The number of hydrogen-bond donors (Lipinski definition) is 1. The molecule has 0 radical (unpaired) electrons. The van der Waals surface area contributed by atoms with Crippen molar-refractivity contribution < 1.29 is 23.9 Å². The Kier molecular flexibility index (Phi) is 7.50. The van der Waals surface area contributed by atoms with Crippen LogP contribution in [-0.4, -0.2) is 82.7 Å². The molecule has 12 heteroatoms. The number of hydrogen-bond acceptors (Lipinski definition) is 7. The fraction of sp³-hybridized carbons (Fsp3) is 0.222. The molecule has 39 heavy (non-hydrogen) atoms. The second-order valence-electron chi connectivity index (χ2n) is 9.47. The Morgan fingerprint density at radius 1 is 0.846 bits per heavy atom. The lowest BCUT2D eigenvalue weighted by atomic mass is 10.1. The van der Waals surface area contributed by atoms with E-state index in [1.54, 1.807) is 57.4 Å². The summed E-state index contributed by atoms with van der Waals surface area (Å²) in [6, 6.07) is 18.2. The molecular weight excluding hydrogens is 520 g/mol. The van der Waals surface area contributed by atoms with E-state index in [2.05, 4.69) is 10.2 Å². The summed E-state index contributed by atoms with van der Waals surface area (Å²) in [5, 5.41) is 10.6. The highest BCUT2D eigenvalue weighted by molar-refractivity contribution is 8.44. The van der Waals surface area contributed by atoms with Crippen molar-refractivity contribution in [2.24, 2.45) is 5.73 Å². The highest BCUT2D eigenvalue weighted by Crippen LogP contribution is 2.50. The summed E-state index contributed by atoms with van der Waals surface area (Å²) in [6.07, 6.45) is 2.26. The van der Waals surface area contributed by atoms with Crippen LogP contribution in [0.5, 0.6) is 11.5 Å². The smallest absolute Gasteiger partial charge is 0.410 e. The van der Waals surface area contributed by atoms with Gasteiger partial charge < -0.3 is 25.0 Å². The number of fused-ring (bicyclic) bond motifs is 1. The topological polar surface area (TPSA) is 133 Å². The zero-order valence-corrected chi connectivity index (χ0v) is 23.4. The van der Waals surface area contributed by atoms with Gasteiger partial charge in [-0.15, -0.1) is 20.2 Å². The number of ether oxygens (including phenoxy) is 2. The second kappa shape index (κ2) is 10.7. The lowest BCUT2D eigenvalue weighted by Gasteiger charge is -2.27. The first-order valence-corrected chi connectivity index (χ1v) is 14.3. The Bertz CT molecular complexity index is 1570. The molecule has 0 aliphatic rings. The van der Waals surface area contributed by atoms with E-state index in [1.165, 1.54) is 15.9 Å². The predicted molar refractivity (Wildman–Crippen MR) is 151 cm³/mol. The van der Waals surface area contributed by atoms with E-state index in [-0.39, 0.29) is 11.5 Å². The Hall–Kier alpha value is -4.58. The molecule has 2 N–H and O–H groups in total. The van der Waals surface area contributed by atoms with Gasteiger partial charge in [0.2, 0.25) is 0 Å². The van der Waals surface area contributed by atoms with E-state index in [1.807, 2.05) is 42.5 Å². The van der Waals surface area contributed by atoms with Gasteiger partial charge in [0.1, 0.15) is 11.5 Å². The Morgan fingerprint density at radius 3 is 2.15 bits per heavy atom. The first kappa shape index (κ1) is 27.5. The molecule has 0 saturated heterocycles. The number of amides is 3. The van der Waals surface area contributed by atoms with Crippen molar-refractivity contribution in [1.82, 2.24) is 24.6 Å². The molecule has 0 fully saturated rings. The lowest BCUT2D eigenvalue weighted by Crippen LogP contribution is -2.26. The summed E-state index contributed by atoms with van der Waals surface area (Å²) >= 11 is 0. The highest BCUT2D eigenvalue weighted by Gasteiger charge is 2.32. The number of benzene rings is 3. The normalized spacial score (nSPS) is 11.6. The zero-order valence-electron chi connectivity index (χ0n) is 22.5. The molecule has 0 unspecified atom stereocenters. The van der Waals surface area contributed by atoms with E-state index >= 15 is 0 Å². The van der Waals surface area contributed by atoms with E-state index < -0.39 is 27.5 Å². The summed E-state index contributed by atoms with van der Waals surface area (Å²) in [7, 11) is 3.95. The minimum Gasteiger partial charge on any atom is -0.410 e. The predicted octanol–water partition coefficient (Wildman–Crippen LogP) is 4.71. The third-order valence-electron chi connectivity index (χ3n) is 5.93. The maximum atomic E-state index is 12.6. The molecule has 204 valence electrons. The van der Waals surface area contributed by atoms with Crippen LogP contribution >= 0.6 is 10.0 Å². The van der Waals surface area contributed by atoms with Gasteiger partial charge in [-0.1, -0.05) is 36.4 Å². The van der Waals surface area contributed by atoms with Crippen molar-refractivity contribution in [3.05, 3.63) is 60.7 Å². The van der Waals surface area contributed by atoms with Crippen LogP contribution in [0.15, 0.2) is 65.8 Å². The number of aromatic nitrogens is 3. The van der Waals surface area contributed by atoms with E-state index in [0.29, 0.717) is 16.5 Å². The zero-order chi connectivity index (χ0) is 28.5. The molecular formula is C27H30N6O5S. The summed E-state index contributed by atoms with van der Waals surface area (Å²) in [6.45, 7) is 0. The molecule has 11 nitrogen and oxygen atoms in total. The molecule has 0 aliphatic carbocycles. The van der Waals surface area contributed by atoms with Crippen LogP contribution in [0.3, 0.4) is 0 Å². The van der Waals surface area contributed by atoms with Crippen molar-refractivity contribution in [2.75, 3.05) is 40.7 Å². The summed E-state index contributed by atoms with van der Waals surface area (Å²) < 4.78 is 12.9. The third-order valence-corrected chi connectivity index (χ3v) is 8.11. The number of rotatable bonds is 5. The third kappa shape index (κ3) is 5.36. The Labute approximate surface area is 227 Å². The summed E-state index contributed by atoms with van der Waals surface area (Å²) in [5.74, 6) is 0.568. The van der Waals surface area contributed by atoms with Gasteiger partial charge in [0, 0.05) is 39.6 Å². The Balaban J connectivity index is 2.00. The van der Waals surface area contributed by atoms with E-state index in [4.69, 9.17) is 15.2 Å². The number of nitrogens with two attached hydrogens (primary N) is 1. The number of primary amides is 1. The quantitative estimate of drug-likeness (QED) is 0.380. The van der Waals surface area contributed by atoms with Crippen LogP contribution in [0.4, 0.5) is 14.4 Å². The maximum absolute atomic E-state index is 12.6. The molecule has 4 rings (SSSR count). The number of carbonyl (C=O) groups is 3. The minimum atomic E-state index is -2.26. The van der Waals surface area contributed by atoms with E-state index in [9.17, 15) is 14.4 Å². The summed E-state index contributed by atoms with van der Waals surface area (Å²) in [5.41, 5.74) is 6.93. The molecule has 0 spiro atoms. The van der Waals surface area contributed by atoms with Crippen LogP contribution in [0.2, 0.25) is 0 Å². The first-order valence-electron chi connectivity index (χ1n) is 11.8. The maximum Gasteiger partial charge on any atom is 0.414 e. The van der Waals surface area contributed by atoms with Gasteiger partial charge in [-0.25, -0.2) is 9.59 Å².